The fraction of sp³-hybridized carbons (Fsp3) is 0.278. The van der Waals surface area contributed by atoms with Crippen LogP contribution < -0.4 is 5.73 Å². The SMILES string of the molecule is N[C@@H]1CCN(C(=O)O)[C@@H]1Cc1cccc(-c2ccccc2)c1. The highest BCUT2D eigenvalue weighted by molar-refractivity contribution is 5.66. The van der Waals surface area contributed by atoms with Crippen LogP contribution in [-0.4, -0.2) is 34.7 Å². The Kier molecular flexibility index (Phi) is 4.11. The quantitative estimate of drug-likeness (QED) is 0.915. The average molecular weight is 296 g/mol. The standard InChI is InChI=1S/C18H20N2O2/c19-16-9-10-20(18(21)22)17(16)12-13-5-4-8-15(11-13)14-6-2-1-3-7-14/h1-8,11,16-17H,9-10,12,19H2,(H,21,22)/t16-,17-/m1/s1. The summed E-state index contributed by atoms with van der Waals surface area (Å²) in [5.41, 5.74) is 9.53. The number of hydrogen-bond acceptors (Lipinski definition) is 2. The monoisotopic (exact) mass is 296 g/mol. The highest BCUT2D eigenvalue weighted by Gasteiger charge is 2.34. The van der Waals surface area contributed by atoms with Crippen LogP contribution in [0.1, 0.15) is 12.0 Å². The highest BCUT2D eigenvalue weighted by Crippen LogP contribution is 2.24. The predicted octanol–water partition coefficient (Wildman–Crippen LogP) is 2.98. The van der Waals surface area contributed by atoms with E-state index in [1.807, 2.05) is 30.3 Å². The Morgan fingerprint density at radius 2 is 1.86 bits per heavy atom. The summed E-state index contributed by atoms with van der Waals surface area (Å²) in [6.07, 6.45) is 0.515. The van der Waals surface area contributed by atoms with E-state index < -0.39 is 6.09 Å². The number of nitrogens with zero attached hydrogens (tertiary/aromatic N) is 1. The van der Waals surface area contributed by atoms with Gasteiger partial charge in [-0.2, -0.15) is 0 Å². The normalized spacial score (nSPS) is 21.0. The van der Waals surface area contributed by atoms with Gasteiger partial charge >= 0.3 is 6.09 Å². The topological polar surface area (TPSA) is 66.6 Å². The van der Waals surface area contributed by atoms with Crippen molar-refractivity contribution in [3.63, 3.8) is 0 Å². The molecule has 1 fully saturated rings. The molecule has 0 bridgehead atoms. The van der Waals surface area contributed by atoms with Gasteiger partial charge in [0.1, 0.15) is 0 Å². The minimum Gasteiger partial charge on any atom is -0.465 e. The molecule has 2 atom stereocenters. The Labute approximate surface area is 130 Å². The van der Waals surface area contributed by atoms with Crippen molar-refractivity contribution in [1.29, 1.82) is 0 Å². The van der Waals surface area contributed by atoms with E-state index in [1.54, 1.807) is 0 Å². The lowest BCUT2D eigenvalue weighted by atomic mass is 9.97. The smallest absolute Gasteiger partial charge is 0.407 e. The van der Waals surface area contributed by atoms with Crippen LogP contribution >= 0.6 is 0 Å². The van der Waals surface area contributed by atoms with E-state index >= 15 is 0 Å². The second-order valence-electron chi connectivity index (χ2n) is 5.77. The molecule has 1 saturated heterocycles. The molecule has 2 aromatic rings. The van der Waals surface area contributed by atoms with Gasteiger partial charge in [-0.25, -0.2) is 4.79 Å². The third kappa shape index (κ3) is 2.97. The van der Waals surface area contributed by atoms with Crippen LogP contribution in [0.15, 0.2) is 54.6 Å². The van der Waals surface area contributed by atoms with Crippen LogP contribution in [0.2, 0.25) is 0 Å². The Hall–Kier alpha value is -2.33. The molecule has 1 amide bonds. The zero-order chi connectivity index (χ0) is 15.5. The number of nitrogens with two attached hydrogens (primary N) is 1. The first-order chi connectivity index (χ1) is 10.6. The summed E-state index contributed by atoms with van der Waals surface area (Å²) in [6.45, 7) is 0.527. The van der Waals surface area contributed by atoms with Crippen LogP contribution in [0.3, 0.4) is 0 Å². The zero-order valence-corrected chi connectivity index (χ0v) is 12.4. The third-order valence-electron chi connectivity index (χ3n) is 4.32. The molecule has 4 heteroatoms. The van der Waals surface area contributed by atoms with Gasteiger partial charge in [-0.05, 0) is 29.5 Å². The summed E-state index contributed by atoms with van der Waals surface area (Å²) in [5, 5.41) is 9.28. The van der Waals surface area contributed by atoms with E-state index in [-0.39, 0.29) is 12.1 Å². The molecule has 0 aromatic heterocycles. The van der Waals surface area contributed by atoms with Crippen molar-refractivity contribution in [3.8, 4) is 11.1 Å². The molecule has 22 heavy (non-hydrogen) atoms. The minimum atomic E-state index is -0.878. The Morgan fingerprint density at radius 3 is 2.59 bits per heavy atom. The van der Waals surface area contributed by atoms with Gasteiger partial charge < -0.3 is 15.7 Å². The number of benzene rings is 2. The van der Waals surface area contributed by atoms with Gasteiger partial charge in [0.05, 0.1) is 6.04 Å². The van der Waals surface area contributed by atoms with Crippen LogP contribution in [0.5, 0.6) is 0 Å². The Balaban J connectivity index is 1.82. The van der Waals surface area contributed by atoms with E-state index in [0.717, 1.165) is 23.1 Å². The fourth-order valence-corrected chi connectivity index (χ4v) is 3.13. The van der Waals surface area contributed by atoms with Gasteiger partial charge in [-0.15, -0.1) is 0 Å². The molecule has 2 aromatic carbocycles. The van der Waals surface area contributed by atoms with Crippen molar-refractivity contribution < 1.29 is 9.90 Å². The molecule has 0 spiro atoms. The molecule has 114 valence electrons. The molecule has 1 aliphatic heterocycles. The minimum absolute atomic E-state index is 0.0866. The molecule has 3 rings (SSSR count). The molecule has 0 unspecified atom stereocenters. The van der Waals surface area contributed by atoms with Crippen molar-refractivity contribution in [2.45, 2.75) is 24.9 Å². The van der Waals surface area contributed by atoms with Crippen LogP contribution in [-0.2, 0) is 6.42 Å². The molecular formula is C18H20N2O2. The van der Waals surface area contributed by atoms with E-state index in [4.69, 9.17) is 5.73 Å². The molecule has 1 aliphatic rings. The van der Waals surface area contributed by atoms with E-state index in [2.05, 4.69) is 24.3 Å². The molecule has 4 nitrogen and oxygen atoms in total. The van der Waals surface area contributed by atoms with Crippen molar-refractivity contribution >= 4 is 6.09 Å². The lowest BCUT2D eigenvalue weighted by Crippen LogP contribution is -2.43. The van der Waals surface area contributed by atoms with Gasteiger partial charge in [0.25, 0.3) is 0 Å². The molecular weight excluding hydrogens is 276 g/mol. The number of hydrogen-bond donors (Lipinski definition) is 2. The maximum absolute atomic E-state index is 11.3. The Morgan fingerprint density at radius 1 is 1.14 bits per heavy atom. The molecule has 0 saturated carbocycles. The van der Waals surface area contributed by atoms with Gasteiger partial charge in [0.2, 0.25) is 0 Å². The average Bonchev–Trinajstić information content (AvgIpc) is 2.90. The zero-order valence-electron chi connectivity index (χ0n) is 12.4. The largest absolute Gasteiger partial charge is 0.465 e. The maximum atomic E-state index is 11.3. The first kappa shape index (κ1) is 14.6. The molecule has 1 heterocycles. The highest BCUT2D eigenvalue weighted by atomic mass is 16.4. The van der Waals surface area contributed by atoms with E-state index in [9.17, 15) is 9.90 Å². The van der Waals surface area contributed by atoms with Gasteiger partial charge in [0, 0.05) is 12.6 Å². The van der Waals surface area contributed by atoms with Crippen LogP contribution in [0, 0.1) is 0 Å². The number of amides is 1. The predicted molar refractivity (Wildman–Crippen MR) is 86.7 cm³/mol. The summed E-state index contributed by atoms with van der Waals surface area (Å²) in [5.74, 6) is 0. The van der Waals surface area contributed by atoms with Crippen molar-refractivity contribution in [2.24, 2.45) is 5.73 Å². The second-order valence-corrected chi connectivity index (χ2v) is 5.77. The van der Waals surface area contributed by atoms with E-state index in [1.165, 1.54) is 4.90 Å². The van der Waals surface area contributed by atoms with Crippen molar-refractivity contribution in [1.82, 2.24) is 4.90 Å². The van der Waals surface area contributed by atoms with Gasteiger partial charge in [0.15, 0.2) is 0 Å². The summed E-state index contributed by atoms with van der Waals surface area (Å²) >= 11 is 0. The van der Waals surface area contributed by atoms with Crippen molar-refractivity contribution in [3.05, 3.63) is 60.2 Å². The maximum Gasteiger partial charge on any atom is 0.407 e. The molecule has 0 aliphatic carbocycles. The van der Waals surface area contributed by atoms with Crippen molar-refractivity contribution in [2.75, 3.05) is 6.54 Å². The lowest BCUT2D eigenvalue weighted by Gasteiger charge is -2.24. The summed E-state index contributed by atoms with van der Waals surface area (Å²) in [7, 11) is 0. The number of rotatable bonds is 3. The number of carbonyl (C=O) groups is 1. The third-order valence-corrected chi connectivity index (χ3v) is 4.32. The van der Waals surface area contributed by atoms with Crippen LogP contribution in [0.4, 0.5) is 4.79 Å². The fourth-order valence-electron chi connectivity index (χ4n) is 3.13. The van der Waals surface area contributed by atoms with Crippen LogP contribution in [0.25, 0.3) is 11.1 Å². The summed E-state index contributed by atoms with van der Waals surface area (Å²) in [6, 6.07) is 18.2. The lowest BCUT2D eigenvalue weighted by molar-refractivity contribution is 0.138. The summed E-state index contributed by atoms with van der Waals surface area (Å²) < 4.78 is 0. The number of likely N-dealkylation sites (tertiary alicyclic amines) is 1. The Bertz CT molecular complexity index is 657. The van der Waals surface area contributed by atoms with Gasteiger partial charge in [-0.3, -0.25) is 0 Å². The first-order valence-electron chi connectivity index (χ1n) is 7.54. The molecule has 3 N–H and O–H groups in total. The van der Waals surface area contributed by atoms with E-state index in [0.29, 0.717) is 13.0 Å². The van der Waals surface area contributed by atoms with Gasteiger partial charge in [-0.1, -0.05) is 54.6 Å². The number of carboxylic acid groups (broad SMARTS) is 1. The second kappa shape index (κ2) is 6.20. The first-order valence-corrected chi connectivity index (χ1v) is 7.54. The molecule has 0 radical (unpaired) electrons. The summed E-state index contributed by atoms with van der Waals surface area (Å²) in [4.78, 5) is 12.8.